The van der Waals surface area contributed by atoms with Crippen molar-refractivity contribution in [2.24, 2.45) is 17.6 Å². The minimum atomic E-state index is 0.482. The van der Waals surface area contributed by atoms with Crippen molar-refractivity contribution in [3.05, 3.63) is 0 Å². The van der Waals surface area contributed by atoms with Crippen LogP contribution in [-0.2, 0) is 0 Å². The third kappa shape index (κ3) is 3.55. The molecule has 1 fully saturated rings. The molecule has 1 aliphatic rings. The van der Waals surface area contributed by atoms with E-state index in [2.05, 4.69) is 19.2 Å². The molecule has 0 aliphatic heterocycles. The molecule has 0 amide bonds. The van der Waals surface area contributed by atoms with Gasteiger partial charge in [-0.05, 0) is 44.2 Å². The van der Waals surface area contributed by atoms with E-state index in [1.165, 1.54) is 25.8 Å². The minimum absolute atomic E-state index is 0.482. The van der Waals surface area contributed by atoms with Crippen molar-refractivity contribution in [2.45, 2.75) is 39.2 Å². The topological polar surface area (TPSA) is 38.0 Å². The first-order valence-electron chi connectivity index (χ1n) is 5.14. The first-order chi connectivity index (χ1) is 5.68. The average molecular weight is 170 g/mol. The Kier molecular flexibility index (Phi) is 4.02. The smallest absolute Gasteiger partial charge is 0.00420 e. The second kappa shape index (κ2) is 4.83. The van der Waals surface area contributed by atoms with Gasteiger partial charge >= 0.3 is 0 Å². The molecule has 0 aromatic carbocycles. The summed E-state index contributed by atoms with van der Waals surface area (Å²) in [6, 6.07) is 0.482. The summed E-state index contributed by atoms with van der Waals surface area (Å²) in [4.78, 5) is 0. The van der Waals surface area contributed by atoms with Gasteiger partial charge < -0.3 is 11.1 Å². The van der Waals surface area contributed by atoms with Crippen molar-refractivity contribution in [3.63, 3.8) is 0 Å². The lowest BCUT2D eigenvalue weighted by Crippen LogP contribution is -2.26. The van der Waals surface area contributed by atoms with Crippen LogP contribution in [0.4, 0.5) is 0 Å². The Morgan fingerprint density at radius 3 is 2.67 bits per heavy atom. The third-order valence-electron chi connectivity index (χ3n) is 2.57. The van der Waals surface area contributed by atoms with Crippen molar-refractivity contribution in [2.75, 3.05) is 13.1 Å². The molecular weight excluding hydrogens is 148 g/mol. The van der Waals surface area contributed by atoms with Gasteiger partial charge in [-0.15, -0.1) is 0 Å². The predicted octanol–water partition coefficient (Wildman–Crippen LogP) is 1.36. The van der Waals surface area contributed by atoms with Crippen LogP contribution < -0.4 is 11.1 Å². The molecular formula is C10H22N2. The van der Waals surface area contributed by atoms with Crippen LogP contribution in [0, 0.1) is 11.8 Å². The molecule has 0 radical (unpaired) electrons. The maximum Gasteiger partial charge on any atom is 0.00420 e. The summed E-state index contributed by atoms with van der Waals surface area (Å²) in [5, 5.41) is 3.49. The predicted molar refractivity (Wildman–Crippen MR) is 53.0 cm³/mol. The van der Waals surface area contributed by atoms with Crippen LogP contribution in [0.25, 0.3) is 0 Å². The van der Waals surface area contributed by atoms with Crippen LogP contribution in [0.3, 0.4) is 0 Å². The Morgan fingerprint density at radius 1 is 1.42 bits per heavy atom. The molecule has 0 unspecified atom stereocenters. The van der Waals surface area contributed by atoms with Gasteiger partial charge in [0.15, 0.2) is 0 Å². The Balaban J connectivity index is 2.00. The molecule has 0 bridgehead atoms. The molecule has 2 atom stereocenters. The maximum absolute atomic E-state index is 5.83. The largest absolute Gasteiger partial charge is 0.328 e. The highest BCUT2D eigenvalue weighted by Crippen LogP contribution is 2.22. The maximum atomic E-state index is 5.83. The number of nitrogens with two attached hydrogens (primary N) is 1. The Hall–Kier alpha value is -0.0800. The van der Waals surface area contributed by atoms with Crippen LogP contribution in [0.15, 0.2) is 0 Å². The molecule has 12 heavy (non-hydrogen) atoms. The molecule has 0 saturated heterocycles. The summed E-state index contributed by atoms with van der Waals surface area (Å²) in [6.07, 6.45) is 3.78. The van der Waals surface area contributed by atoms with E-state index >= 15 is 0 Å². The van der Waals surface area contributed by atoms with Gasteiger partial charge in [0.2, 0.25) is 0 Å². The number of nitrogens with one attached hydrogen (secondary N) is 1. The first-order valence-corrected chi connectivity index (χ1v) is 5.14. The summed E-state index contributed by atoms with van der Waals surface area (Å²) in [5.41, 5.74) is 5.83. The number of rotatable bonds is 4. The number of hydrogen-bond acceptors (Lipinski definition) is 2. The van der Waals surface area contributed by atoms with E-state index in [1.54, 1.807) is 0 Å². The summed E-state index contributed by atoms with van der Waals surface area (Å²) in [6.45, 7) is 6.80. The van der Waals surface area contributed by atoms with E-state index in [0.717, 1.165) is 18.4 Å². The van der Waals surface area contributed by atoms with Crippen LogP contribution >= 0.6 is 0 Å². The molecule has 2 nitrogen and oxygen atoms in total. The molecule has 0 aromatic rings. The lowest BCUT2D eigenvalue weighted by atomic mass is 10.1. The summed E-state index contributed by atoms with van der Waals surface area (Å²) in [7, 11) is 0. The van der Waals surface area contributed by atoms with E-state index < -0.39 is 0 Å². The molecule has 0 aromatic heterocycles. The fraction of sp³-hybridized carbons (Fsp3) is 1.00. The quantitative estimate of drug-likeness (QED) is 0.668. The van der Waals surface area contributed by atoms with Crippen LogP contribution in [0.2, 0.25) is 0 Å². The first kappa shape index (κ1) is 10.0. The van der Waals surface area contributed by atoms with E-state index in [9.17, 15) is 0 Å². The second-order valence-electron chi connectivity index (χ2n) is 4.49. The SMILES string of the molecule is CC(C)CNC[C@@H]1CC[C@H](N)C1. The van der Waals surface area contributed by atoms with E-state index in [1.807, 2.05) is 0 Å². The standard InChI is InChI=1S/C10H22N2/c1-8(2)6-12-7-9-3-4-10(11)5-9/h8-10,12H,3-7,11H2,1-2H3/t9-,10+/m1/s1. The molecule has 3 N–H and O–H groups in total. The summed E-state index contributed by atoms with van der Waals surface area (Å²) < 4.78 is 0. The van der Waals surface area contributed by atoms with Gasteiger partial charge in [0.1, 0.15) is 0 Å². The minimum Gasteiger partial charge on any atom is -0.328 e. The lowest BCUT2D eigenvalue weighted by molar-refractivity contribution is 0.454. The van der Waals surface area contributed by atoms with E-state index in [-0.39, 0.29) is 0 Å². The van der Waals surface area contributed by atoms with Crippen LogP contribution in [0.1, 0.15) is 33.1 Å². The van der Waals surface area contributed by atoms with Crippen LogP contribution in [-0.4, -0.2) is 19.1 Å². The Labute approximate surface area is 75.9 Å². The second-order valence-corrected chi connectivity index (χ2v) is 4.49. The van der Waals surface area contributed by atoms with Gasteiger partial charge in [-0.2, -0.15) is 0 Å². The van der Waals surface area contributed by atoms with Crippen molar-refractivity contribution in [3.8, 4) is 0 Å². The van der Waals surface area contributed by atoms with Crippen molar-refractivity contribution in [1.82, 2.24) is 5.32 Å². The molecule has 1 aliphatic carbocycles. The zero-order chi connectivity index (χ0) is 8.97. The van der Waals surface area contributed by atoms with Crippen LogP contribution in [0.5, 0.6) is 0 Å². The van der Waals surface area contributed by atoms with E-state index in [4.69, 9.17) is 5.73 Å². The highest BCUT2D eigenvalue weighted by Gasteiger charge is 2.20. The molecule has 0 heterocycles. The zero-order valence-electron chi connectivity index (χ0n) is 8.34. The Bertz CT molecular complexity index is 123. The summed E-state index contributed by atoms with van der Waals surface area (Å²) >= 11 is 0. The molecule has 72 valence electrons. The van der Waals surface area contributed by atoms with Gasteiger partial charge in [0.25, 0.3) is 0 Å². The highest BCUT2D eigenvalue weighted by molar-refractivity contribution is 4.78. The lowest BCUT2D eigenvalue weighted by Gasteiger charge is -2.12. The summed E-state index contributed by atoms with van der Waals surface area (Å²) in [5.74, 6) is 1.61. The van der Waals surface area contributed by atoms with Crippen molar-refractivity contribution in [1.29, 1.82) is 0 Å². The van der Waals surface area contributed by atoms with Gasteiger partial charge in [-0.25, -0.2) is 0 Å². The van der Waals surface area contributed by atoms with Gasteiger partial charge in [0, 0.05) is 6.04 Å². The molecule has 0 spiro atoms. The highest BCUT2D eigenvalue weighted by atomic mass is 14.9. The molecule has 1 rings (SSSR count). The van der Waals surface area contributed by atoms with Crippen molar-refractivity contribution >= 4 is 0 Å². The molecule has 2 heteroatoms. The fourth-order valence-corrected chi connectivity index (χ4v) is 1.88. The average Bonchev–Trinajstić information content (AvgIpc) is 2.35. The van der Waals surface area contributed by atoms with Crippen molar-refractivity contribution < 1.29 is 0 Å². The fourth-order valence-electron chi connectivity index (χ4n) is 1.88. The molecule has 1 saturated carbocycles. The normalized spacial score (nSPS) is 30.0. The van der Waals surface area contributed by atoms with Gasteiger partial charge in [-0.3, -0.25) is 0 Å². The van der Waals surface area contributed by atoms with E-state index in [0.29, 0.717) is 6.04 Å². The van der Waals surface area contributed by atoms with Gasteiger partial charge in [-0.1, -0.05) is 13.8 Å². The third-order valence-corrected chi connectivity index (χ3v) is 2.57. The zero-order valence-corrected chi connectivity index (χ0v) is 8.34. The number of hydrogen-bond donors (Lipinski definition) is 2. The monoisotopic (exact) mass is 170 g/mol. The van der Waals surface area contributed by atoms with Gasteiger partial charge in [0.05, 0.1) is 0 Å². The Morgan fingerprint density at radius 2 is 2.17 bits per heavy atom.